The molecule has 1 amide bonds. The lowest BCUT2D eigenvalue weighted by molar-refractivity contribution is -0.124. The predicted molar refractivity (Wildman–Crippen MR) is 66.7 cm³/mol. The highest BCUT2D eigenvalue weighted by Gasteiger charge is 2.41. The van der Waals surface area contributed by atoms with Crippen molar-refractivity contribution >= 4 is 15.9 Å². The van der Waals surface area contributed by atoms with Crippen LogP contribution < -0.4 is 5.32 Å². The predicted octanol–water partition coefficient (Wildman–Crippen LogP) is -0.159. The summed E-state index contributed by atoms with van der Waals surface area (Å²) in [6, 6.07) is 1.06. The van der Waals surface area contributed by atoms with E-state index < -0.39 is 16.1 Å². The van der Waals surface area contributed by atoms with Crippen LogP contribution in [0.4, 0.5) is 0 Å². The van der Waals surface area contributed by atoms with Crippen molar-refractivity contribution in [3.8, 4) is 0 Å². The van der Waals surface area contributed by atoms with E-state index in [4.69, 9.17) is 0 Å². The zero-order chi connectivity index (χ0) is 13.5. The maximum atomic E-state index is 12.4. The Balaban J connectivity index is 1.80. The molecule has 1 atom stereocenters. The van der Waals surface area contributed by atoms with Crippen molar-refractivity contribution < 1.29 is 13.2 Å². The number of aromatic nitrogens is 2. The van der Waals surface area contributed by atoms with Crippen LogP contribution >= 0.6 is 0 Å². The fourth-order valence-electron chi connectivity index (χ4n) is 2.33. The van der Waals surface area contributed by atoms with E-state index in [-0.39, 0.29) is 17.0 Å². The summed E-state index contributed by atoms with van der Waals surface area (Å²) in [4.78, 5) is 12.1. The topological polar surface area (TPSA) is 95.2 Å². The summed E-state index contributed by atoms with van der Waals surface area (Å²) in [5.41, 5.74) is 0. The van der Waals surface area contributed by atoms with E-state index in [1.54, 1.807) is 0 Å². The van der Waals surface area contributed by atoms with E-state index in [0.29, 0.717) is 19.4 Å². The van der Waals surface area contributed by atoms with Gasteiger partial charge in [0.05, 0.1) is 6.20 Å². The molecule has 2 fully saturated rings. The zero-order valence-electron chi connectivity index (χ0n) is 10.4. The van der Waals surface area contributed by atoms with Gasteiger partial charge in [-0.25, -0.2) is 8.42 Å². The van der Waals surface area contributed by atoms with Gasteiger partial charge in [0, 0.05) is 12.6 Å². The smallest absolute Gasteiger partial charge is 0.260 e. The van der Waals surface area contributed by atoms with Gasteiger partial charge >= 0.3 is 0 Å². The van der Waals surface area contributed by atoms with Crippen LogP contribution in [0, 0.1) is 0 Å². The van der Waals surface area contributed by atoms with E-state index in [0.717, 1.165) is 12.8 Å². The first-order chi connectivity index (χ1) is 9.09. The molecule has 2 aliphatic rings. The Morgan fingerprint density at radius 3 is 2.84 bits per heavy atom. The average Bonchev–Trinajstić information content (AvgIpc) is 2.92. The first kappa shape index (κ1) is 12.6. The van der Waals surface area contributed by atoms with Gasteiger partial charge in [0.1, 0.15) is 6.04 Å². The highest BCUT2D eigenvalue weighted by atomic mass is 32.2. The molecule has 1 aliphatic heterocycles. The molecule has 1 aromatic heterocycles. The van der Waals surface area contributed by atoms with Crippen LogP contribution in [0.15, 0.2) is 17.3 Å². The number of carbonyl (C=O) groups is 1. The molecule has 19 heavy (non-hydrogen) atoms. The van der Waals surface area contributed by atoms with Gasteiger partial charge in [0.2, 0.25) is 5.91 Å². The molecule has 3 rings (SSSR count). The number of nitrogens with zero attached hydrogens (tertiary/aromatic N) is 2. The summed E-state index contributed by atoms with van der Waals surface area (Å²) in [7, 11) is -3.65. The van der Waals surface area contributed by atoms with Crippen LogP contribution in [0.2, 0.25) is 0 Å². The Bertz CT molecular complexity index is 565. The number of hydrogen-bond donors (Lipinski definition) is 2. The normalized spacial score (nSPS) is 24.5. The number of sulfonamides is 1. The molecular formula is C11H16N4O3S. The third-order valence-corrected chi connectivity index (χ3v) is 5.33. The Morgan fingerprint density at radius 1 is 1.42 bits per heavy atom. The summed E-state index contributed by atoms with van der Waals surface area (Å²) in [5, 5.41) is 9.03. The minimum Gasteiger partial charge on any atom is -0.352 e. The molecule has 7 nitrogen and oxygen atoms in total. The molecule has 8 heteroatoms. The van der Waals surface area contributed by atoms with Crippen LogP contribution in [0.5, 0.6) is 0 Å². The summed E-state index contributed by atoms with van der Waals surface area (Å²) in [5.74, 6) is -0.178. The molecule has 1 saturated carbocycles. The van der Waals surface area contributed by atoms with Crippen molar-refractivity contribution in [1.82, 2.24) is 19.8 Å². The number of amides is 1. The molecule has 0 spiro atoms. The van der Waals surface area contributed by atoms with Crippen LogP contribution in [-0.4, -0.2) is 47.5 Å². The molecule has 1 aromatic rings. The maximum absolute atomic E-state index is 12.4. The minimum atomic E-state index is -3.65. The zero-order valence-corrected chi connectivity index (χ0v) is 11.2. The second-order valence-corrected chi connectivity index (χ2v) is 6.84. The molecule has 0 bridgehead atoms. The maximum Gasteiger partial charge on any atom is 0.260 e. The summed E-state index contributed by atoms with van der Waals surface area (Å²) < 4.78 is 26.0. The van der Waals surface area contributed by atoms with Crippen LogP contribution in [-0.2, 0) is 14.8 Å². The lowest BCUT2D eigenvalue weighted by atomic mass is 10.2. The van der Waals surface area contributed by atoms with Crippen LogP contribution in [0.1, 0.15) is 25.7 Å². The van der Waals surface area contributed by atoms with Crippen LogP contribution in [0.25, 0.3) is 0 Å². The van der Waals surface area contributed by atoms with E-state index in [1.165, 1.54) is 16.6 Å². The third kappa shape index (κ3) is 2.37. The van der Waals surface area contributed by atoms with E-state index >= 15 is 0 Å². The second-order valence-electron chi connectivity index (χ2n) is 4.98. The summed E-state index contributed by atoms with van der Waals surface area (Å²) in [6.45, 7) is 0.379. The SMILES string of the molecule is O=C(NC1CC1)C1CCCN1S(=O)(=O)c1ccn[nH]1. The van der Waals surface area contributed by atoms with Gasteiger partial charge in [-0.15, -0.1) is 0 Å². The lowest BCUT2D eigenvalue weighted by Gasteiger charge is -2.22. The summed E-state index contributed by atoms with van der Waals surface area (Å²) in [6.07, 6.45) is 4.65. The van der Waals surface area contributed by atoms with Gasteiger partial charge in [-0.2, -0.15) is 9.40 Å². The molecule has 1 unspecified atom stereocenters. The van der Waals surface area contributed by atoms with Crippen molar-refractivity contribution in [3.05, 3.63) is 12.3 Å². The molecule has 2 N–H and O–H groups in total. The number of carbonyl (C=O) groups excluding carboxylic acids is 1. The molecule has 2 heterocycles. The molecular weight excluding hydrogens is 268 g/mol. The number of nitrogens with one attached hydrogen (secondary N) is 2. The quantitative estimate of drug-likeness (QED) is 0.803. The number of aromatic amines is 1. The van der Waals surface area contributed by atoms with E-state index in [2.05, 4.69) is 15.5 Å². The van der Waals surface area contributed by atoms with Crippen molar-refractivity contribution in [1.29, 1.82) is 0 Å². The Kier molecular flexibility index (Phi) is 3.06. The Labute approximate surface area is 111 Å². The monoisotopic (exact) mass is 284 g/mol. The van der Waals surface area contributed by atoms with E-state index in [1.807, 2.05) is 0 Å². The first-order valence-electron chi connectivity index (χ1n) is 6.40. The molecule has 0 radical (unpaired) electrons. The molecule has 1 aliphatic carbocycles. The fourth-order valence-corrected chi connectivity index (χ4v) is 3.89. The van der Waals surface area contributed by atoms with Gasteiger partial charge in [-0.3, -0.25) is 9.89 Å². The van der Waals surface area contributed by atoms with E-state index in [9.17, 15) is 13.2 Å². The van der Waals surface area contributed by atoms with Crippen molar-refractivity contribution in [2.24, 2.45) is 0 Å². The van der Waals surface area contributed by atoms with Gasteiger partial charge in [0.25, 0.3) is 10.0 Å². The average molecular weight is 284 g/mol. The van der Waals surface area contributed by atoms with Gasteiger partial charge < -0.3 is 5.32 Å². The molecule has 104 valence electrons. The van der Waals surface area contributed by atoms with Crippen LogP contribution in [0.3, 0.4) is 0 Å². The second kappa shape index (κ2) is 4.61. The van der Waals surface area contributed by atoms with Gasteiger partial charge in [0.15, 0.2) is 5.03 Å². The largest absolute Gasteiger partial charge is 0.352 e. The molecule has 1 saturated heterocycles. The van der Waals surface area contributed by atoms with Crippen molar-refractivity contribution in [3.63, 3.8) is 0 Å². The van der Waals surface area contributed by atoms with Gasteiger partial charge in [-0.05, 0) is 31.7 Å². The molecule has 0 aromatic carbocycles. The summed E-state index contributed by atoms with van der Waals surface area (Å²) >= 11 is 0. The number of hydrogen-bond acceptors (Lipinski definition) is 4. The lowest BCUT2D eigenvalue weighted by Crippen LogP contribution is -2.46. The number of rotatable bonds is 4. The Hall–Kier alpha value is -1.41. The highest BCUT2D eigenvalue weighted by molar-refractivity contribution is 7.89. The standard InChI is InChI=1S/C11H16N4O3S/c16-11(13-8-3-4-8)9-2-1-7-15(9)19(17,18)10-5-6-12-14-10/h5-6,8-9H,1-4,7H2,(H,12,14)(H,13,16). The Morgan fingerprint density at radius 2 is 2.21 bits per heavy atom. The minimum absolute atomic E-state index is 0.0404. The fraction of sp³-hybridized carbons (Fsp3) is 0.636. The third-order valence-electron chi connectivity index (χ3n) is 3.49. The first-order valence-corrected chi connectivity index (χ1v) is 7.84. The van der Waals surface area contributed by atoms with Crippen molar-refractivity contribution in [2.75, 3.05) is 6.54 Å². The number of H-pyrrole nitrogens is 1. The van der Waals surface area contributed by atoms with Crippen molar-refractivity contribution in [2.45, 2.75) is 42.8 Å². The highest BCUT2D eigenvalue weighted by Crippen LogP contribution is 2.26. The van der Waals surface area contributed by atoms with Gasteiger partial charge in [-0.1, -0.05) is 0 Å².